The summed E-state index contributed by atoms with van der Waals surface area (Å²) in [7, 11) is 0. The lowest BCUT2D eigenvalue weighted by Crippen LogP contribution is -2.36. The second-order valence-electron chi connectivity index (χ2n) is 9.88. The van der Waals surface area contributed by atoms with Crippen molar-refractivity contribution in [1.29, 1.82) is 0 Å². The van der Waals surface area contributed by atoms with Crippen LogP contribution in [0.15, 0.2) is 28.4 Å². The average molecular weight is 517 g/mol. The fraction of sp³-hybridized carbons (Fsp3) is 0.667. The summed E-state index contributed by atoms with van der Waals surface area (Å²) in [6, 6.07) is 3.68. The topological polar surface area (TPSA) is 143 Å². The molecule has 206 valence electrons. The van der Waals surface area contributed by atoms with E-state index < -0.39 is 0 Å². The Bertz CT molecular complexity index is 925. The zero-order chi connectivity index (χ0) is 27.3. The number of rotatable bonds is 7. The van der Waals surface area contributed by atoms with Crippen LogP contribution in [-0.4, -0.2) is 58.2 Å². The van der Waals surface area contributed by atoms with E-state index in [0.717, 1.165) is 62.9 Å². The molecule has 4 rings (SSSR count). The van der Waals surface area contributed by atoms with E-state index in [4.69, 9.17) is 15.7 Å². The van der Waals surface area contributed by atoms with E-state index in [1.807, 2.05) is 17.9 Å². The number of hydrogen-bond acceptors (Lipinski definition) is 8. The van der Waals surface area contributed by atoms with Gasteiger partial charge in [-0.1, -0.05) is 46.5 Å². The molecule has 0 bridgehead atoms. The lowest BCUT2D eigenvalue weighted by molar-refractivity contribution is -0.138. The second-order valence-corrected chi connectivity index (χ2v) is 9.88. The number of esters is 1. The first-order chi connectivity index (χ1) is 17.8. The monoisotopic (exact) mass is 516 g/mol. The number of aliphatic hydroxyl groups is 1. The molecule has 2 aliphatic heterocycles. The number of carbonyl (C=O) groups is 2. The van der Waals surface area contributed by atoms with Gasteiger partial charge >= 0.3 is 5.97 Å². The van der Waals surface area contributed by atoms with Crippen molar-refractivity contribution in [3.63, 3.8) is 0 Å². The highest BCUT2D eigenvalue weighted by Crippen LogP contribution is 2.46. The molecule has 1 saturated carbocycles. The number of aromatic nitrogens is 2. The Balaban J connectivity index is 0.000000219. The number of hydrazine groups is 1. The number of cyclic esters (lactones) is 1. The van der Waals surface area contributed by atoms with Crippen LogP contribution in [0.1, 0.15) is 84.8 Å². The summed E-state index contributed by atoms with van der Waals surface area (Å²) in [5.41, 5.74) is 4.52. The average Bonchev–Trinajstić information content (AvgIpc) is 3.42. The van der Waals surface area contributed by atoms with E-state index in [2.05, 4.69) is 34.5 Å². The Labute approximate surface area is 220 Å². The Morgan fingerprint density at radius 3 is 2.43 bits per heavy atom. The van der Waals surface area contributed by atoms with E-state index in [0.29, 0.717) is 23.9 Å². The number of aliphatic imine (C=N–C) groups is 1. The van der Waals surface area contributed by atoms with E-state index in [1.54, 1.807) is 13.0 Å². The van der Waals surface area contributed by atoms with Crippen LogP contribution in [0.4, 0.5) is 5.82 Å². The Kier molecular flexibility index (Phi) is 12.7. The van der Waals surface area contributed by atoms with Crippen molar-refractivity contribution in [1.82, 2.24) is 20.5 Å². The minimum Gasteiger partial charge on any atom is -0.456 e. The molecule has 37 heavy (non-hydrogen) atoms. The molecule has 1 atom stereocenters. The number of carbonyl (C=O) groups excluding carboxylic acids is 2. The zero-order valence-corrected chi connectivity index (χ0v) is 22.8. The van der Waals surface area contributed by atoms with Crippen LogP contribution in [0, 0.1) is 11.3 Å². The van der Waals surface area contributed by atoms with E-state index in [1.165, 1.54) is 19.2 Å². The lowest BCUT2D eigenvalue weighted by atomic mass is 9.73. The Morgan fingerprint density at radius 1 is 1.22 bits per heavy atom. The van der Waals surface area contributed by atoms with Crippen LogP contribution in [0.2, 0.25) is 0 Å². The highest BCUT2D eigenvalue weighted by molar-refractivity contribution is 5.94. The van der Waals surface area contributed by atoms with Gasteiger partial charge in [-0.3, -0.25) is 4.79 Å². The van der Waals surface area contributed by atoms with Crippen molar-refractivity contribution in [2.24, 2.45) is 22.2 Å². The van der Waals surface area contributed by atoms with Crippen LogP contribution in [0.5, 0.6) is 0 Å². The van der Waals surface area contributed by atoms with Gasteiger partial charge in [0.1, 0.15) is 12.9 Å². The summed E-state index contributed by atoms with van der Waals surface area (Å²) < 4.78 is 5.01. The van der Waals surface area contributed by atoms with Gasteiger partial charge in [-0.15, -0.1) is 5.10 Å². The van der Waals surface area contributed by atoms with Crippen LogP contribution >= 0.6 is 0 Å². The van der Waals surface area contributed by atoms with Crippen molar-refractivity contribution in [2.45, 2.75) is 85.5 Å². The summed E-state index contributed by atoms with van der Waals surface area (Å²) in [4.78, 5) is 29.7. The van der Waals surface area contributed by atoms with E-state index >= 15 is 0 Å². The molecular formula is C27H44N6O4. The minimum absolute atomic E-state index is 0.128. The summed E-state index contributed by atoms with van der Waals surface area (Å²) in [6.45, 7) is 9.43. The second kappa shape index (κ2) is 15.4. The molecule has 3 aliphatic rings. The third-order valence-corrected chi connectivity index (χ3v) is 7.39. The van der Waals surface area contributed by atoms with Gasteiger partial charge in [0.15, 0.2) is 5.82 Å². The summed E-state index contributed by atoms with van der Waals surface area (Å²) in [6.07, 6.45) is 10.9. The number of likely N-dealkylation sites (tertiary alicyclic amines) is 1. The molecule has 0 radical (unpaired) electrons. The number of nitrogens with one attached hydrogen (secondary N) is 1. The molecule has 10 nitrogen and oxygen atoms in total. The first-order valence-corrected chi connectivity index (χ1v) is 13.4. The molecule has 4 N–H and O–H groups in total. The third-order valence-electron chi connectivity index (χ3n) is 7.39. The normalized spacial score (nSPS) is 19.4. The lowest BCUT2D eigenvalue weighted by Gasteiger charge is -2.31. The van der Waals surface area contributed by atoms with Crippen LogP contribution in [0.25, 0.3) is 0 Å². The van der Waals surface area contributed by atoms with Gasteiger partial charge in [-0.25, -0.2) is 15.6 Å². The number of nitrogens with two attached hydrogens (primary N) is 1. The van der Waals surface area contributed by atoms with Gasteiger partial charge < -0.3 is 20.2 Å². The van der Waals surface area contributed by atoms with Crippen molar-refractivity contribution >= 4 is 24.0 Å². The van der Waals surface area contributed by atoms with Crippen molar-refractivity contribution in [3.05, 3.63) is 29.1 Å². The minimum atomic E-state index is -0.276. The first kappa shape index (κ1) is 30.4. The van der Waals surface area contributed by atoms with Crippen molar-refractivity contribution < 1.29 is 19.4 Å². The molecule has 2 fully saturated rings. The highest BCUT2D eigenvalue weighted by atomic mass is 16.5. The molecule has 10 heteroatoms. The first-order valence-electron chi connectivity index (χ1n) is 13.4. The SMILES string of the molecule is CC1=C(N2CCC3(CCCCC3)C2=O)COC1=O.CCC(C)CCO.CCc1ccc(N=CNN)nn1. The molecule has 1 amide bonds. The van der Waals surface area contributed by atoms with Gasteiger partial charge in [0.05, 0.1) is 22.4 Å². The number of nitrogens with zero attached hydrogens (tertiary/aromatic N) is 4. The Hall–Kier alpha value is -2.85. The maximum Gasteiger partial charge on any atom is 0.336 e. The molecule has 1 aromatic heterocycles. The van der Waals surface area contributed by atoms with Crippen LogP contribution < -0.4 is 11.3 Å². The van der Waals surface area contributed by atoms with Gasteiger partial charge in [-0.05, 0) is 57.1 Å². The van der Waals surface area contributed by atoms with Crippen LogP contribution in [0.3, 0.4) is 0 Å². The van der Waals surface area contributed by atoms with Gasteiger partial charge in [0.25, 0.3) is 0 Å². The Morgan fingerprint density at radius 2 is 1.95 bits per heavy atom. The number of ether oxygens (including phenoxy) is 1. The number of hydrogen-bond donors (Lipinski definition) is 3. The quantitative estimate of drug-likeness (QED) is 0.164. The fourth-order valence-electron chi connectivity index (χ4n) is 4.66. The maximum absolute atomic E-state index is 12.6. The molecule has 1 spiro atoms. The molecule has 1 saturated heterocycles. The summed E-state index contributed by atoms with van der Waals surface area (Å²) >= 11 is 0. The molecule has 1 aromatic rings. The largest absolute Gasteiger partial charge is 0.456 e. The zero-order valence-electron chi connectivity index (χ0n) is 22.8. The molecule has 1 aliphatic carbocycles. The molecule has 3 heterocycles. The molecule has 1 unspecified atom stereocenters. The maximum atomic E-state index is 12.6. The van der Waals surface area contributed by atoms with E-state index in [-0.39, 0.29) is 23.9 Å². The predicted octanol–water partition coefficient (Wildman–Crippen LogP) is 3.58. The number of aliphatic hydroxyl groups excluding tert-OH is 1. The fourth-order valence-corrected chi connectivity index (χ4v) is 4.66. The molecule has 0 aromatic carbocycles. The number of aryl methyl sites for hydroxylation is 1. The van der Waals surface area contributed by atoms with Gasteiger partial charge in [-0.2, -0.15) is 5.10 Å². The summed E-state index contributed by atoms with van der Waals surface area (Å²) in [5.74, 6) is 6.19. The van der Waals surface area contributed by atoms with Gasteiger partial charge in [0.2, 0.25) is 5.91 Å². The highest BCUT2D eigenvalue weighted by Gasteiger charge is 2.48. The van der Waals surface area contributed by atoms with Crippen molar-refractivity contribution in [3.8, 4) is 0 Å². The van der Waals surface area contributed by atoms with Crippen LogP contribution in [-0.2, 0) is 20.7 Å². The van der Waals surface area contributed by atoms with E-state index in [9.17, 15) is 9.59 Å². The molecular weight excluding hydrogens is 472 g/mol. The third kappa shape index (κ3) is 8.60. The standard InChI is InChI=1S/C14H19NO3.C7H11N5.C6H14O/c1-10-11(9-18-12(10)16)15-8-7-14(13(15)17)5-3-2-4-6-14;1-2-6-3-4-7(12-11-6)9-5-10-8;1-3-6(2)4-5-7/h2-9H2,1H3;3-5H,2,8H2,1H3,(H,9,10,12);6-7H,3-5H2,1-2H3. The smallest absolute Gasteiger partial charge is 0.336 e. The predicted molar refractivity (Wildman–Crippen MR) is 144 cm³/mol. The van der Waals surface area contributed by atoms with Crippen molar-refractivity contribution in [2.75, 3.05) is 19.8 Å². The number of amides is 1. The van der Waals surface area contributed by atoms with Gasteiger partial charge in [0, 0.05) is 13.2 Å². The summed E-state index contributed by atoms with van der Waals surface area (Å²) in [5, 5.41) is 16.1.